The average Bonchev–Trinajstić information content (AvgIpc) is 2.86. The van der Waals surface area contributed by atoms with Crippen molar-refractivity contribution in [2.24, 2.45) is 7.05 Å². The van der Waals surface area contributed by atoms with Crippen LogP contribution in [-0.4, -0.2) is 39.7 Å². The molecule has 1 aromatic heterocycles. The van der Waals surface area contributed by atoms with Crippen LogP contribution >= 0.6 is 0 Å². The number of rotatable bonds is 3. The molecule has 0 spiro atoms. The number of benzene rings is 1. The highest BCUT2D eigenvalue weighted by Gasteiger charge is 2.26. The van der Waals surface area contributed by atoms with Crippen LogP contribution in [0.5, 0.6) is 0 Å². The molecule has 1 aromatic carbocycles. The molecule has 22 heavy (non-hydrogen) atoms. The van der Waals surface area contributed by atoms with E-state index in [1.807, 2.05) is 43.3 Å². The van der Waals surface area contributed by atoms with Crippen LogP contribution in [-0.2, 0) is 7.05 Å². The van der Waals surface area contributed by atoms with Crippen LogP contribution in [0.25, 0.3) is 0 Å². The Morgan fingerprint density at radius 1 is 1.32 bits per heavy atom. The van der Waals surface area contributed by atoms with Crippen LogP contribution in [0.4, 0.5) is 5.69 Å². The molecule has 3 rings (SSSR count). The fraction of sp³-hybridized carbons (Fsp3) is 0.412. The quantitative estimate of drug-likeness (QED) is 0.947. The first-order chi connectivity index (χ1) is 10.6. The molecule has 0 aliphatic carbocycles. The van der Waals surface area contributed by atoms with E-state index in [-0.39, 0.29) is 5.91 Å². The number of carbonyl (C=O) groups excluding carboxylic acids is 1. The van der Waals surface area contributed by atoms with Gasteiger partial charge in [-0.1, -0.05) is 18.2 Å². The second-order valence-electron chi connectivity index (χ2n) is 5.90. The lowest BCUT2D eigenvalue weighted by atomic mass is 10.0. The van der Waals surface area contributed by atoms with Crippen LogP contribution in [0, 0.1) is 6.92 Å². The molecule has 1 aliphatic rings. The number of piperidine rings is 1. The summed E-state index contributed by atoms with van der Waals surface area (Å²) < 4.78 is 1.70. The number of aromatic nitrogens is 2. The Hall–Kier alpha value is -2.30. The lowest BCUT2D eigenvalue weighted by molar-refractivity contribution is 0.0714. The van der Waals surface area contributed by atoms with Crippen molar-refractivity contribution in [3.05, 3.63) is 47.8 Å². The average molecular weight is 298 g/mol. The van der Waals surface area contributed by atoms with Gasteiger partial charge in [0.1, 0.15) is 0 Å². The van der Waals surface area contributed by atoms with Crippen molar-refractivity contribution in [1.82, 2.24) is 14.7 Å². The summed E-state index contributed by atoms with van der Waals surface area (Å²) in [5, 5.41) is 7.79. The molecular formula is C17H22N4O. The largest absolute Gasteiger partial charge is 0.381 e. The van der Waals surface area contributed by atoms with Crippen molar-refractivity contribution in [2.75, 3.05) is 18.4 Å². The van der Waals surface area contributed by atoms with Crippen molar-refractivity contribution in [1.29, 1.82) is 0 Å². The molecule has 1 aliphatic heterocycles. The summed E-state index contributed by atoms with van der Waals surface area (Å²) in [7, 11) is 1.85. The second-order valence-corrected chi connectivity index (χ2v) is 5.90. The number of anilines is 1. The van der Waals surface area contributed by atoms with Gasteiger partial charge in [0.15, 0.2) is 0 Å². The minimum absolute atomic E-state index is 0.0881. The monoisotopic (exact) mass is 298 g/mol. The third-order valence-corrected chi connectivity index (χ3v) is 4.10. The molecule has 1 unspecified atom stereocenters. The second kappa shape index (κ2) is 6.22. The number of carbonyl (C=O) groups is 1. The third-order valence-electron chi connectivity index (χ3n) is 4.10. The van der Waals surface area contributed by atoms with E-state index < -0.39 is 0 Å². The number of aryl methyl sites for hydroxylation is 2. The third kappa shape index (κ3) is 3.13. The van der Waals surface area contributed by atoms with Gasteiger partial charge in [-0.05, 0) is 31.9 Å². The Kier molecular flexibility index (Phi) is 4.13. The van der Waals surface area contributed by atoms with Gasteiger partial charge in [-0.3, -0.25) is 9.48 Å². The highest BCUT2D eigenvalue weighted by atomic mass is 16.2. The molecule has 1 atom stereocenters. The molecule has 1 saturated heterocycles. The number of para-hydroxylation sites is 1. The Bertz CT molecular complexity index is 650. The lowest BCUT2D eigenvalue weighted by Crippen LogP contribution is -2.45. The maximum atomic E-state index is 12.7. The smallest absolute Gasteiger partial charge is 0.257 e. The Labute approximate surface area is 130 Å². The number of amides is 1. The predicted octanol–water partition coefficient (Wildman–Crippen LogP) is 2.45. The number of hydrogen-bond donors (Lipinski definition) is 1. The molecule has 2 aromatic rings. The van der Waals surface area contributed by atoms with Gasteiger partial charge >= 0.3 is 0 Å². The van der Waals surface area contributed by atoms with Crippen LogP contribution in [0.2, 0.25) is 0 Å². The summed E-state index contributed by atoms with van der Waals surface area (Å²) in [4.78, 5) is 14.6. The Morgan fingerprint density at radius 2 is 2.09 bits per heavy atom. The SMILES string of the molecule is Cc1nn(C)cc1C(=O)N1CCCC(Nc2ccccc2)C1. The van der Waals surface area contributed by atoms with E-state index in [1.54, 1.807) is 4.68 Å². The summed E-state index contributed by atoms with van der Waals surface area (Å²) in [5.41, 5.74) is 2.62. The highest BCUT2D eigenvalue weighted by Crippen LogP contribution is 2.18. The molecule has 0 saturated carbocycles. The van der Waals surface area contributed by atoms with Gasteiger partial charge < -0.3 is 10.2 Å². The minimum Gasteiger partial charge on any atom is -0.381 e. The summed E-state index contributed by atoms with van der Waals surface area (Å²) in [6.07, 6.45) is 3.92. The topological polar surface area (TPSA) is 50.2 Å². The van der Waals surface area contributed by atoms with E-state index in [1.165, 1.54) is 0 Å². The number of nitrogens with zero attached hydrogens (tertiary/aromatic N) is 3. The van der Waals surface area contributed by atoms with Crippen molar-refractivity contribution in [2.45, 2.75) is 25.8 Å². The van der Waals surface area contributed by atoms with Crippen LogP contribution in [0.15, 0.2) is 36.5 Å². The molecule has 116 valence electrons. The van der Waals surface area contributed by atoms with Crippen molar-refractivity contribution < 1.29 is 4.79 Å². The van der Waals surface area contributed by atoms with Crippen LogP contribution in [0.1, 0.15) is 28.9 Å². The van der Waals surface area contributed by atoms with Gasteiger partial charge in [0.2, 0.25) is 0 Å². The Morgan fingerprint density at radius 3 is 2.77 bits per heavy atom. The summed E-state index contributed by atoms with van der Waals surface area (Å²) >= 11 is 0. The van der Waals surface area contributed by atoms with Gasteiger partial charge in [0, 0.05) is 38.1 Å². The van der Waals surface area contributed by atoms with E-state index in [0.29, 0.717) is 11.6 Å². The summed E-state index contributed by atoms with van der Waals surface area (Å²) in [5.74, 6) is 0.0881. The van der Waals surface area contributed by atoms with Gasteiger partial charge in [-0.15, -0.1) is 0 Å². The normalized spacial score (nSPS) is 18.3. The predicted molar refractivity (Wildman–Crippen MR) is 86.9 cm³/mol. The molecule has 5 heteroatoms. The van der Waals surface area contributed by atoms with E-state index in [0.717, 1.165) is 37.3 Å². The maximum absolute atomic E-state index is 12.7. The first-order valence-electron chi connectivity index (χ1n) is 7.74. The molecule has 2 heterocycles. The molecule has 1 N–H and O–H groups in total. The number of nitrogens with one attached hydrogen (secondary N) is 1. The Balaban J connectivity index is 1.68. The lowest BCUT2D eigenvalue weighted by Gasteiger charge is -2.33. The first-order valence-corrected chi connectivity index (χ1v) is 7.74. The highest BCUT2D eigenvalue weighted by molar-refractivity contribution is 5.95. The molecule has 0 radical (unpaired) electrons. The van der Waals surface area contributed by atoms with E-state index in [4.69, 9.17) is 0 Å². The zero-order chi connectivity index (χ0) is 15.5. The van der Waals surface area contributed by atoms with Crippen molar-refractivity contribution in [3.63, 3.8) is 0 Å². The molecule has 1 fully saturated rings. The fourth-order valence-electron chi connectivity index (χ4n) is 3.03. The summed E-state index contributed by atoms with van der Waals surface area (Å²) in [6.45, 7) is 3.44. The molecule has 1 amide bonds. The van der Waals surface area contributed by atoms with Gasteiger partial charge in [-0.25, -0.2) is 0 Å². The maximum Gasteiger partial charge on any atom is 0.257 e. The van der Waals surface area contributed by atoms with Crippen LogP contribution < -0.4 is 5.32 Å². The van der Waals surface area contributed by atoms with E-state index in [9.17, 15) is 4.79 Å². The van der Waals surface area contributed by atoms with Gasteiger partial charge in [0.05, 0.1) is 11.3 Å². The van der Waals surface area contributed by atoms with Crippen molar-refractivity contribution in [3.8, 4) is 0 Å². The van der Waals surface area contributed by atoms with Crippen LogP contribution in [0.3, 0.4) is 0 Å². The van der Waals surface area contributed by atoms with Gasteiger partial charge in [0.25, 0.3) is 5.91 Å². The van der Waals surface area contributed by atoms with Crippen molar-refractivity contribution >= 4 is 11.6 Å². The van der Waals surface area contributed by atoms with Gasteiger partial charge in [-0.2, -0.15) is 5.10 Å². The zero-order valence-corrected chi connectivity index (χ0v) is 13.1. The number of likely N-dealkylation sites (tertiary alicyclic amines) is 1. The zero-order valence-electron chi connectivity index (χ0n) is 13.1. The summed E-state index contributed by atoms with van der Waals surface area (Å²) in [6, 6.07) is 10.5. The standard InChI is InChI=1S/C17H22N4O/c1-13-16(12-20(2)19-13)17(22)21-10-6-9-15(11-21)18-14-7-4-3-5-8-14/h3-5,7-8,12,15,18H,6,9-11H2,1-2H3. The molecule has 0 bridgehead atoms. The number of hydrogen-bond acceptors (Lipinski definition) is 3. The fourth-order valence-corrected chi connectivity index (χ4v) is 3.03. The van der Waals surface area contributed by atoms with E-state index in [2.05, 4.69) is 22.5 Å². The van der Waals surface area contributed by atoms with E-state index >= 15 is 0 Å². The minimum atomic E-state index is 0.0881. The first kappa shape index (κ1) is 14.6. The molecular weight excluding hydrogens is 276 g/mol. The molecule has 5 nitrogen and oxygen atoms in total.